The molecule has 1 aliphatic carbocycles. The van der Waals surface area contributed by atoms with Crippen LogP contribution in [0.3, 0.4) is 0 Å². The minimum atomic E-state index is -0.969. The molecule has 9 heteroatoms. The second-order valence-corrected chi connectivity index (χ2v) is 7.41. The van der Waals surface area contributed by atoms with Crippen LogP contribution in [0.2, 0.25) is 0 Å². The summed E-state index contributed by atoms with van der Waals surface area (Å²) in [7, 11) is 0. The van der Waals surface area contributed by atoms with Crippen molar-refractivity contribution in [3.63, 3.8) is 0 Å². The smallest absolute Gasteiger partial charge is 0.224 e. The van der Waals surface area contributed by atoms with Gasteiger partial charge in [0, 0.05) is 18.8 Å². The van der Waals surface area contributed by atoms with Gasteiger partial charge in [0.15, 0.2) is 0 Å². The van der Waals surface area contributed by atoms with Crippen LogP contribution in [-0.2, 0) is 0 Å². The van der Waals surface area contributed by atoms with Crippen molar-refractivity contribution in [2.24, 2.45) is 0 Å². The largest absolute Gasteiger partial charge is 0.489 e. The number of aliphatic hydroxyl groups excluding tert-OH is 1. The molecule has 164 valence electrons. The molecule has 0 bridgehead atoms. The van der Waals surface area contributed by atoms with Gasteiger partial charge in [0.2, 0.25) is 5.95 Å². The lowest BCUT2D eigenvalue weighted by atomic mass is 9.93. The lowest BCUT2D eigenvalue weighted by Gasteiger charge is -2.27. The summed E-state index contributed by atoms with van der Waals surface area (Å²) in [6.07, 6.45) is 5.53. The minimum Gasteiger partial charge on any atom is -0.489 e. The summed E-state index contributed by atoms with van der Waals surface area (Å²) < 4.78 is 31.1. The van der Waals surface area contributed by atoms with Crippen molar-refractivity contribution in [1.82, 2.24) is 15.0 Å². The summed E-state index contributed by atoms with van der Waals surface area (Å²) in [5.74, 6) is 1.43. The highest BCUT2D eigenvalue weighted by Crippen LogP contribution is 2.29. The highest BCUT2D eigenvalue weighted by atomic mass is 19.1. The van der Waals surface area contributed by atoms with Crippen LogP contribution in [0.25, 0.3) is 11.3 Å². The first-order valence-electron chi connectivity index (χ1n) is 10.4. The SMILES string of the molecule is CCC(F)CNc1ncc(-c2ccc(OCCF)cn2)c(NC2CCC(O)CC2)n1. The number of hydrogen-bond acceptors (Lipinski definition) is 7. The van der Waals surface area contributed by atoms with Gasteiger partial charge in [-0.3, -0.25) is 4.98 Å². The topological polar surface area (TPSA) is 92.2 Å². The van der Waals surface area contributed by atoms with Crippen molar-refractivity contribution in [3.8, 4) is 17.0 Å². The summed E-state index contributed by atoms with van der Waals surface area (Å²) in [5.41, 5.74) is 1.35. The molecule has 7 nitrogen and oxygen atoms in total. The standard InChI is InChI=1S/C21H29F2N5O2/c1-2-14(23)11-25-21-26-13-18(19-8-7-17(12-24-19)30-10-9-22)20(28-21)27-15-3-5-16(29)6-4-15/h7-8,12-16,29H,2-6,9-11H2,1H3,(H2,25,26,27,28). The van der Waals surface area contributed by atoms with E-state index in [1.54, 1.807) is 25.3 Å². The second kappa shape index (κ2) is 11.0. The molecule has 1 aliphatic rings. The van der Waals surface area contributed by atoms with Gasteiger partial charge >= 0.3 is 0 Å². The molecule has 2 aromatic heterocycles. The third-order valence-electron chi connectivity index (χ3n) is 5.11. The minimum absolute atomic E-state index is 0.0157. The molecule has 1 unspecified atom stereocenters. The Bertz CT molecular complexity index is 785. The number of aromatic nitrogens is 3. The van der Waals surface area contributed by atoms with E-state index in [0.717, 1.165) is 25.7 Å². The molecular formula is C21H29F2N5O2. The van der Waals surface area contributed by atoms with E-state index in [-0.39, 0.29) is 25.3 Å². The number of halogens is 2. The zero-order chi connectivity index (χ0) is 21.3. The lowest BCUT2D eigenvalue weighted by molar-refractivity contribution is 0.126. The predicted molar refractivity (Wildman–Crippen MR) is 112 cm³/mol. The van der Waals surface area contributed by atoms with Gasteiger partial charge in [0.05, 0.1) is 23.6 Å². The Kier molecular flexibility index (Phi) is 8.12. The molecule has 3 rings (SSSR count). The summed E-state index contributed by atoms with van der Waals surface area (Å²) in [6, 6.07) is 3.66. The van der Waals surface area contributed by atoms with Gasteiger partial charge in [-0.15, -0.1) is 0 Å². The lowest BCUT2D eigenvalue weighted by Crippen LogP contribution is -2.29. The van der Waals surface area contributed by atoms with Crippen molar-refractivity contribution in [3.05, 3.63) is 24.5 Å². The van der Waals surface area contributed by atoms with Crippen molar-refractivity contribution in [1.29, 1.82) is 0 Å². The maximum Gasteiger partial charge on any atom is 0.224 e. The van der Waals surface area contributed by atoms with Crippen LogP contribution >= 0.6 is 0 Å². The Morgan fingerprint density at radius 2 is 2.00 bits per heavy atom. The summed E-state index contributed by atoms with van der Waals surface area (Å²) >= 11 is 0. The van der Waals surface area contributed by atoms with Gasteiger partial charge in [-0.25, -0.2) is 13.8 Å². The molecule has 2 aromatic rings. The van der Waals surface area contributed by atoms with E-state index in [0.29, 0.717) is 35.2 Å². The summed E-state index contributed by atoms with van der Waals surface area (Å²) in [5, 5.41) is 16.1. The molecule has 1 atom stereocenters. The normalized spacial score (nSPS) is 19.9. The Balaban J connectivity index is 1.81. The number of ether oxygens (including phenoxy) is 1. The summed E-state index contributed by atoms with van der Waals surface area (Å²) in [4.78, 5) is 13.3. The van der Waals surface area contributed by atoms with Crippen LogP contribution in [0.4, 0.5) is 20.5 Å². The zero-order valence-electron chi connectivity index (χ0n) is 17.2. The van der Waals surface area contributed by atoms with Gasteiger partial charge in [-0.05, 0) is 44.2 Å². The van der Waals surface area contributed by atoms with E-state index in [4.69, 9.17) is 4.74 Å². The average Bonchev–Trinajstić information content (AvgIpc) is 2.78. The molecule has 1 fully saturated rings. The molecular weight excluding hydrogens is 392 g/mol. The Hall–Kier alpha value is -2.55. The van der Waals surface area contributed by atoms with Crippen LogP contribution in [0, 0.1) is 0 Å². The maximum atomic E-state index is 13.6. The van der Waals surface area contributed by atoms with Crippen molar-refractivity contribution >= 4 is 11.8 Å². The van der Waals surface area contributed by atoms with Crippen LogP contribution in [0.1, 0.15) is 39.0 Å². The van der Waals surface area contributed by atoms with Crippen molar-refractivity contribution in [2.45, 2.75) is 57.3 Å². The third kappa shape index (κ3) is 6.22. The molecule has 0 radical (unpaired) electrons. The first kappa shape index (κ1) is 22.1. The first-order chi connectivity index (χ1) is 14.6. The number of rotatable bonds is 10. The third-order valence-corrected chi connectivity index (χ3v) is 5.11. The molecule has 0 aliphatic heterocycles. The molecule has 1 saturated carbocycles. The monoisotopic (exact) mass is 421 g/mol. The number of alkyl halides is 2. The fourth-order valence-corrected chi connectivity index (χ4v) is 3.31. The molecule has 30 heavy (non-hydrogen) atoms. The number of nitrogens with zero attached hydrogens (tertiary/aromatic N) is 3. The van der Waals surface area contributed by atoms with Crippen LogP contribution in [0.5, 0.6) is 5.75 Å². The fraction of sp³-hybridized carbons (Fsp3) is 0.571. The van der Waals surface area contributed by atoms with Gasteiger partial charge in [-0.1, -0.05) is 6.92 Å². The highest BCUT2D eigenvalue weighted by Gasteiger charge is 2.21. The number of nitrogens with one attached hydrogen (secondary N) is 2. The quantitative estimate of drug-likeness (QED) is 0.538. The summed E-state index contributed by atoms with van der Waals surface area (Å²) in [6.45, 7) is 1.35. The number of aliphatic hydroxyl groups is 1. The van der Waals surface area contributed by atoms with E-state index in [1.165, 1.54) is 6.20 Å². The van der Waals surface area contributed by atoms with Gasteiger partial charge in [-0.2, -0.15) is 4.98 Å². The van der Waals surface area contributed by atoms with E-state index in [1.807, 2.05) is 0 Å². The van der Waals surface area contributed by atoms with E-state index >= 15 is 0 Å². The number of hydrogen-bond donors (Lipinski definition) is 3. The predicted octanol–water partition coefficient (Wildman–Crippen LogP) is 3.76. The first-order valence-corrected chi connectivity index (χ1v) is 10.4. The van der Waals surface area contributed by atoms with Crippen LogP contribution in [-0.4, -0.2) is 58.2 Å². The molecule has 3 N–H and O–H groups in total. The molecule has 0 spiro atoms. The Morgan fingerprint density at radius 3 is 2.67 bits per heavy atom. The van der Waals surface area contributed by atoms with Crippen molar-refractivity contribution in [2.75, 3.05) is 30.5 Å². The average molecular weight is 421 g/mol. The Morgan fingerprint density at radius 1 is 1.20 bits per heavy atom. The Labute approximate surface area is 175 Å². The van der Waals surface area contributed by atoms with Gasteiger partial charge in [0.1, 0.15) is 31.0 Å². The van der Waals surface area contributed by atoms with Crippen LogP contribution < -0.4 is 15.4 Å². The number of pyridine rings is 1. The molecule has 0 amide bonds. The van der Waals surface area contributed by atoms with Crippen molar-refractivity contribution < 1.29 is 18.6 Å². The molecule has 0 aromatic carbocycles. The van der Waals surface area contributed by atoms with Gasteiger partial charge < -0.3 is 20.5 Å². The maximum absolute atomic E-state index is 13.6. The fourth-order valence-electron chi connectivity index (χ4n) is 3.31. The molecule has 0 saturated heterocycles. The second-order valence-electron chi connectivity index (χ2n) is 7.41. The van der Waals surface area contributed by atoms with Gasteiger partial charge in [0.25, 0.3) is 0 Å². The zero-order valence-corrected chi connectivity index (χ0v) is 17.2. The van der Waals surface area contributed by atoms with E-state index in [2.05, 4.69) is 25.6 Å². The van der Waals surface area contributed by atoms with E-state index < -0.39 is 12.8 Å². The van der Waals surface area contributed by atoms with E-state index in [9.17, 15) is 13.9 Å². The highest BCUT2D eigenvalue weighted by molar-refractivity contribution is 5.73. The number of anilines is 2. The van der Waals surface area contributed by atoms with Crippen LogP contribution in [0.15, 0.2) is 24.5 Å². The molecule has 2 heterocycles.